The number of benzene rings is 1. The molecule has 2 aromatic rings. The number of nitrogens with zero attached hydrogens (tertiary/aromatic N) is 2. The van der Waals surface area contributed by atoms with Gasteiger partial charge < -0.3 is 10.1 Å². The zero-order valence-electron chi connectivity index (χ0n) is 11.2. The minimum Gasteiger partial charge on any atom is -0.486 e. The first kappa shape index (κ1) is 13.5. The number of ether oxygens (including phenoxy) is 1. The van der Waals surface area contributed by atoms with Crippen molar-refractivity contribution in [2.75, 3.05) is 6.54 Å². The van der Waals surface area contributed by atoms with Crippen LogP contribution in [-0.4, -0.2) is 16.3 Å². The zero-order chi connectivity index (χ0) is 13.7. The lowest BCUT2D eigenvalue weighted by atomic mass is 10.1. The summed E-state index contributed by atoms with van der Waals surface area (Å²) in [7, 11) is 1.81. The molecule has 1 aromatic carbocycles. The van der Waals surface area contributed by atoms with Crippen molar-refractivity contribution >= 4 is 0 Å². The molecule has 0 bridgehead atoms. The molecule has 5 heteroatoms. The van der Waals surface area contributed by atoms with Gasteiger partial charge in [-0.1, -0.05) is 13.0 Å². The number of rotatable bonds is 6. The molecular formula is C14H18FN3O. The highest BCUT2D eigenvalue weighted by molar-refractivity contribution is 5.25. The highest BCUT2D eigenvalue weighted by Crippen LogP contribution is 2.15. The van der Waals surface area contributed by atoms with Gasteiger partial charge in [0.15, 0.2) is 5.75 Å². The number of hydrogen-bond acceptors (Lipinski definition) is 3. The number of halogens is 1. The molecular weight excluding hydrogens is 245 g/mol. The maximum absolute atomic E-state index is 13.7. The van der Waals surface area contributed by atoms with Gasteiger partial charge in [0.1, 0.15) is 12.4 Å². The van der Waals surface area contributed by atoms with Crippen LogP contribution in [0, 0.1) is 5.82 Å². The zero-order valence-corrected chi connectivity index (χ0v) is 11.2. The molecule has 0 atom stereocenters. The Bertz CT molecular complexity index is 539. The summed E-state index contributed by atoms with van der Waals surface area (Å²) in [6.45, 7) is 3.86. The largest absolute Gasteiger partial charge is 0.486 e. The van der Waals surface area contributed by atoms with Crippen LogP contribution in [0.3, 0.4) is 0 Å². The predicted octanol–water partition coefficient (Wildman–Crippen LogP) is 2.25. The van der Waals surface area contributed by atoms with Gasteiger partial charge in [-0.2, -0.15) is 5.10 Å². The minimum atomic E-state index is -0.246. The smallest absolute Gasteiger partial charge is 0.157 e. The van der Waals surface area contributed by atoms with Gasteiger partial charge in [-0.15, -0.1) is 0 Å². The first-order valence-corrected chi connectivity index (χ1v) is 6.28. The highest BCUT2D eigenvalue weighted by Gasteiger charge is 2.05. The molecule has 0 amide bonds. The Balaban J connectivity index is 2.02. The van der Waals surface area contributed by atoms with E-state index in [9.17, 15) is 4.39 Å². The maximum atomic E-state index is 13.7. The van der Waals surface area contributed by atoms with E-state index in [2.05, 4.69) is 10.4 Å². The van der Waals surface area contributed by atoms with Crippen molar-refractivity contribution in [2.24, 2.45) is 7.05 Å². The van der Waals surface area contributed by atoms with Gasteiger partial charge in [0, 0.05) is 19.2 Å². The summed E-state index contributed by atoms with van der Waals surface area (Å²) < 4.78 is 20.8. The summed E-state index contributed by atoms with van der Waals surface area (Å²) >= 11 is 0. The second-order valence-electron chi connectivity index (χ2n) is 4.34. The summed E-state index contributed by atoms with van der Waals surface area (Å²) in [5.41, 5.74) is 1.60. The Kier molecular flexibility index (Phi) is 4.52. The Morgan fingerprint density at radius 2 is 2.26 bits per heavy atom. The van der Waals surface area contributed by atoms with E-state index in [0.29, 0.717) is 11.3 Å². The molecule has 1 N–H and O–H groups in total. The van der Waals surface area contributed by atoms with Crippen molar-refractivity contribution < 1.29 is 9.13 Å². The molecule has 19 heavy (non-hydrogen) atoms. The molecule has 0 spiro atoms. The Morgan fingerprint density at radius 3 is 2.95 bits per heavy atom. The minimum absolute atomic E-state index is 0.206. The van der Waals surface area contributed by atoms with Crippen LogP contribution in [0.1, 0.15) is 18.1 Å². The fourth-order valence-electron chi connectivity index (χ4n) is 1.75. The standard InChI is InChI=1S/C14H18FN3O/c1-3-16-7-11-4-5-14(15)12(6-11)10-19-13-8-17-18(2)9-13/h4-6,8-9,16H,3,7,10H2,1-2H3. The van der Waals surface area contributed by atoms with E-state index in [1.165, 1.54) is 6.07 Å². The van der Waals surface area contributed by atoms with Crippen LogP contribution in [0.2, 0.25) is 0 Å². The summed E-state index contributed by atoms with van der Waals surface area (Å²) in [5, 5.41) is 7.21. The van der Waals surface area contributed by atoms with Crippen molar-refractivity contribution in [2.45, 2.75) is 20.1 Å². The normalized spacial score (nSPS) is 10.7. The summed E-state index contributed by atoms with van der Waals surface area (Å²) in [6, 6.07) is 5.09. The topological polar surface area (TPSA) is 39.1 Å². The van der Waals surface area contributed by atoms with E-state index in [1.54, 1.807) is 23.1 Å². The summed E-state index contributed by atoms with van der Waals surface area (Å²) in [6.07, 6.45) is 3.36. The second-order valence-corrected chi connectivity index (χ2v) is 4.34. The van der Waals surface area contributed by atoms with Gasteiger partial charge >= 0.3 is 0 Å². The van der Waals surface area contributed by atoms with Crippen molar-refractivity contribution in [1.82, 2.24) is 15.1 Å². The quantitative estimate of drug-likeness (QED) is 0.868. The molecule has 0 unspecified atom stereocenters. The van der Waals surface area contributed by atoms with E-state index in [4.69, 9.17) is 4.74 Å². The number of aryl methyl sites for hydroxylation is 1. The first-order valence-electron chi connectivity index (χ1n) is 6.28. The maximum Gasteiger partial charge on any atom is 0.157 e. The third kappa shape index (κ3) is 3.79. The summed E-state index contributed by atoms with van der Waals surface area (Å²) in [5.74, 6) is 0.392. The van der Waals surface area contributed by atoms with Crippen LogP contribution in [0.4, 0.5) is 4.39 Å². The molecule has 0 radical (unpaired) electrons. The molecule has 0 saturated carbocycles. The van der Waals surface area contributed by atoms with E-state index < -0.39 is 0 Å². The van der Waals surface area contributed by atoms with Gasteiger partial charge in [0.2, 0.25) is 0 Å². The first-order chi connectivity index (χ1) is 9.19. The van der Waals surface area contributed by atoms with E-state index in [-0.39, 0.29) is 12.4 Å². The molecule has 0 aliphatic rings. The number of hydrogen-bond donors (Lipinski definition) is 1. The van der Waals surface area contributed by atoms with Crippen LogP contribution in [0.25, 0.3) is 0 Å². The van der Waals surface area contributed by atoms with Crippen LogP contribution < -0.4 is 10.1 Å². The molecule has 2 rings (SSSR count). The molecule has 0 saturated heterocycles. The number of aromatic nitrogens is 2. The van der Waals surface area contributed by atoms with Crippen molar-refractivity contribution in [1.29, 1.82) is 0 Å². The van der Waals surface area contributed by atoms with Gasteiger partial charge in [-0.05, 0) is 24.2 Å². The molecule has 1 heterocycles. The number of nitrogens with one attached hydrogen (secondary N) is 1. The van der Waals surface area contributed by atoms with Crippen LogP contribution >= 0.6 is 0 Å². The molecule has 0 fully saturated rings. The van der Waals surface area contributed by atoms with E-state index in [1.807, 2.05) is 20.0 Å². The monoisotopic (exact) mass is 263 g/mol. The average Bonchev–Trinajstić information content (AvgIpc) is 2.82. The SMILES string of the molecule is CCNCc1ccc(F)c(COc2cnn(C)c2)c1. The third-order valence-electron chi connectivity index (χ3n) is 2.76. The van der Waals surface area contributed by atoms with E-state index >= 15 is 0 Å². The van der Waals surface area contributed by atoms with Gasteiger partial charge in [0.05, 0.1) is 12.4 Å². The second kappa shape index (κ2) is 6.33. The molecule has 102 valence electrons. The lowest BCUT2D eigenvalue weighted by Crippen LogP contribution is -2.12. The van der Waals surface area contributed by atoms with Crippen LogP contribution in [0.5, 0.6) is 5.75 Å². The Hall–Kier alpha value is -1.88. The summed E-state index contributed by atoms with van der Waals surface area (Å²) in [4.78, 5) is 0. The van der Waals surface area contributed by atoms with Crippen molar-refractivity contribution in [3.05, 3.63) is 47.5 Å². The molecule has 0 aliphatic heterocycles. The van der Waals surface area contributed by atoms with Crippen molar-refractivity contribution in [3.63, 3.8) is 0 Å². The average molecular weight is 263 g/mol. The molecule has 1 aromatic heterocycles. The van der Waals surface area contributed by atoms with Crippen molar-refractivity contribution in [3.8, 4) is 5.75 Å². The molecule has 0 aliphatic carbocycles. The van der Waals surface area contributed by atoms with Gasteiger partial charge in [-0.3, -0.25) is 4.68 Å². The van der Waals surface area contributed by atoms with Gasteiger partial charge in [-0.25, -0.2) is 4.39 Å². The molecule has 4 nitrogen and oxygen atoms in total. The Morgan fingerprint density at radius 1 is 1.42 bits per heavy atom. The Labute approximate surface area is 112 Å². The predicted molar refractivity (Wildman–Crippen MR) is 71.3 cm³/mol. The highest BCUT2D eigenvalue weighted by atomic mass is 19.1. The van der Waals surface area contributed by atoms with Gasteiger partial charge in [0.25, 0.3) is 0 Å². The fraction of sp³-hybridized carbons (Fsp3) is 0.357. The van der Waals surface area contributed by atoms with E-state index in [0.717, 1.165) is 18.7 Å². The van der Waals surface area contributed by atoms with Crippen LogP contribution in [-0.2, 0) is 20.2 Å². The lowest BCUT2D eigenvalue weighted by molar-refractivity contribution is 0.299. The third-order valence-corrected chi connectivity index (χ3v) is 2.76. The lowest BCUT2D eigenvalue weighted by Gasteiger charge is -2.08. The fourth-order valence-corrected chi connectivity index (χ4v) is 1.75. The van der Waals surface area contributed by atoms with Crippen LogP contribution in [0.15, 0.2) is 30.6 Å².